The molecule has 25 heavy (non-hydrogen) atoms. The maximum Gasteiger partial charge on any atom is 0.162 e. The first-order valence-electron chi connectivity index (χ1n) is 9.08. The first-order valence-corrected chi connectivity index (χ1v) is 9.08. The van der Waals surface area contributed by atoms with Gasteiger partial charge in [0.05, 0.1) is 67.7 Å². The molecule has 0 saturated carbocycles. The number of likely N-dealkylation sites (N-methyl/N-ethyl adjacent to an activating group) is 2. The number of hydrogen-bond acceptors (Lipinski definition) is 5. The molecule has 0 aromatic heterocycles. The third-order valence-corrected chi connectivity index (χ3v) is 4.21. The topological polar surface area (TPSA) is 90.2 Å². The highest BCUT2D eigenvalue weighted by Crippen LogP contribution is 2.22. The Kier molecular flexibility index (Phi) is 8.98. The van der Waals surface area contributed by atoms with Crippen molar-refractivity contribution in [2.24, 2.45) is 0 Å². The first kappa shape index (κ1) is 24.7. The zero-order valence-electron chi connectivity index (χ0n) is 17.5. The molecule has 4 atom stereocenters. The molecule has 0 bridgehead atoms. The van der Waals surface area contributed by atoms with Crippen molar-refractivity contribution in [2.45, 2.75) is 50.1 Å². The minimum atomic E-state index is -1.42. The van der Waals surface area contributed by atoms with Crippen molar-refractivity contribution in [3.05, 3.63) is 0 Å². The fourth-order valence-electron chi connectivity index (χ4n) is 3.30. The summed E-state index contributed by atoms with van der Waals surface area (Å²) in [5.74, 6) is 0. The van der Waals surface area contributed by atoms with E-state index in [-0.39, 0.29) is 13.2 Å². The summed E-state index contributed by atoms with van der Waals surface area (Å²) in [4.78, 5) is 0. The standard InChI is InChI=1S/C18H42N2O5/c1-9-15(21)17(23,11-19(3,4)5)13-25-14-18(24,16(22)10-2)12-20(6,7)8/h15-16,21-24H,9-14H2,1-8H3/q+2. The fraction of sp³-hybridized carbons (Fsp3) is 1.00. The van der Waals surface area contributed by atoms with E-state index in [4.69, 9.17) is 4.74 Å². The van der Waals surface area contributed by atoms with Gasteiger partial charge < -0.3 is 34.1 Å². The van der Waals surface area contributed by atoms with Gasteiger partial charge >= 0.3 is 0 Å². The zero-order valence-corrected chi connectivity index (χ0v) is 17.5. The van der Waals surface area contributed by atoms with Gasteiger partial charge in [-0.2, -0.15) is 0 Å². The molecule has 7 heteroatoms. The Labute approximate surface area is 153 Å². The lowest BCUT2D eigenvalue weighted by atomic mass is 9.93. The van der Waals surface area contributed by atoms with Crippen LogP contribution in [0, 0.1) is 0 Å². The molecule has 0 aliphatic heterocycles. The number of aliphatic hydroxyl groups excluding tert-OH is 2. The van der Waals surface area contributed by atoms with Gasteiger partial charge in [0.15, 0.2) is 11.2 Å². The second-order valence-corrected chi connectivity index (χ2v) is 9.44. The second kappa shape index (κ2) is 9.08. The molecule has 0 fully saturated rings. The van der Waals surface area contributed by atoms with Crippen LogP contribution in [0.15, 0.2) is 0 Å². The number of rotatable bonds is 12. The highest BCUT2D eigenvalue weighted by molar-refractivity contribution is 4.89. The van der Waals surface area contributed by atoms with E-state index in [9.17, 15) is 20.4 Å². The van der Waals surface area contributed by atoms with Crippen molar-refractivity contribution >= 4 is 0 Å². The molecule has 4 N–H and O–H groups in total. The highest BCUT2D eigenvalue weighted by Gasteiger charge is 2.44. The number of quaternary nitrogens is 2. The van der Waals surface area contributed by atoms with E-state index < -0.39 is 23.4 Å². The van der Waals surface area contributed by atoms with Crippen LogP contribution in [-0.2, 0) is 4.74 Å². The minimum absolute atomic E-state index is 0.104. The van der Waals surface area contributed by atoms with Crippen LogP contribution in [-0.4, -0.2) is 121 Å². The van der Waals surface area contributed by atoms with Crippen molar-refractivity contribution < 1.29 is 34.1 Å². The highest BCUT2D eigenvalue weighted by atomic mass is 16.5. The molecular formula is C18H42N2O5+2. The Morgan fingerprint density at radius 2 is 1.00 bits per heavy atom. The van der Waals surface area contributed by atoms with Crippen LogP contribution in [0.2, 0.25) is 0 Å². The Morgan fingerprint density at radius 3 is 1.20 bits per heavy atom. The van der Waals surface area contributed by atoms with E-state index in [1.54, 1.807) is 13.8 Å². The molecule has 0 spiro atoms. The van der Waals surface area contributed by atoms with Gasteiger partial charge in [-0.1, -0.05) is 13.8 Å². The van der Waals surface area contributed by atoms with Gasteiger partial charge in [0.2, 0.25) is 0 Å². The van der Waals surface area contributed by atoms with E-state index in [0.29, 0.717) is 34.9 Å². The molecule has 0 radical (unpaired) electrons. The Hall–Kier alpha value is -0.280. The van der Waals surface area contributed by atoms with Crippen molar-refractivity contribution in [2.75, 3.05) is 68.6 Å². The largest absolute Gasteiger partial charge is 0.390 e. The molecule has 152 valence electrons. The van der Waals surface area contributed by atoms with Crippen molar-refractivity contribution in [3.8, 4) is 0 Å². The van der Waals surface area contributed by atoms with Gasteiger partial charge in [0.25, 0.3) is 0 Å². The summed E-state index contributed by atoms with van der Waals surface area (Å²) in [7, 11) is 11.6. The number of ether oxygens (including phenoxy) is 1. The van der Waals surface area contributed by atoms with Gasteiger partial charge in [0, 0.05) is 0 Å². The third kappa shape index (κ3) is 8.77. The zero-order chi connectivity index (χ0) is 20.1. The van der Waals surface area contributed by atoms with E-state index in [1.165, 1.54) is 0 Å². The summed E-state index contributed by atoms with van der Waals surface area (Å²) in [5, 5.41) is 42.3. The number of nitrogens with zero attached hydrogens (tertiary/aromatic N) is 2. The predicted octanol–water partition coefficient (Wildman–Crippen LogP) is -0.581. The average molecular weight is 367 g/mol. The monoisotopic (exact) mass is 366 g/mol. The second-order valence-electron chi connectivity index (χ2n) is 9.44. The third-order valence-electron chi connectivity index (χ3n) is 4.21. The summed E-state index contributed by atoms with van der Waals surface area (Å²) in [6.07, 6.45) is -1.04. The maximum atomic E-state index is 10.9. The van der Waals surface area contributed by atoms with Crippen molar-refractivity contribution in [1.82, 2.24) is 0 Å². The molecule has 0 heterocycles. The maximum absolute atomic E-state index is 10.9. The van der Waals surface area contributed by atoms with Gasteiger partial charge in [-0.25, -0.2) is 0 Å². The number of aliphatic hydroxyl groups is 4. The normalized spacial score (nSPS) is 20.6. The van der Waals surface area contributed by atoms with Crippen LogP contribution in [0.3, 0.4) is 0 Å². The van der Waals surface area contributed by atoms with Crippen LogP contribution < -0.4 is 0 Å². The lowest BCUT2D eigenvalue weighted by Crippen LogP contribution is -2.60. The SMILES string of the molecule is CCC(O)C(O)(COCC(O)(C[N+](C)(C)C)C(O)CC)C[N+](C)(C)C. The number of hydrogen-bond donors (Lipinski definition) is 4. The van der Waals surface area contributed by atoms with E-state index >= 15 is 0 Å². The molecule has 0 aliphatic carbocycles. The minimum Gasteiger partial charge on any atom is -0.390 e. The molecule has 0 aliphatic rings. The van der Waals surface area contributed by atoms with Crippen LogP contribution >= 0.6 is 0 Å². The first-order chi connectivity index (χ1) is 11.1. The fourth-order valence-corrected chi connectivity index (χ4v) is 3.30. The smallest absolute Gasteiger partial charge is 0.162 e. The molecular weight excluding hydrogens is 324 g/mol. The van der Waals surface area contributed by atoms with Crippen LogP contribution in [0.4, 0.5) is 0 Å². The summed E-state index contributed by atoms with van der Waals surface area (Å²) < 4.78 is 6.60. The van der Waals surface area contributed by atoms with Gasteiger partial charge in [-0.3, -0.25) is 0 Å². The van der Waals surface area contributed by atoms with E-state index in [0.717, 1.165) is 0 Å². The van der Waals surface area contributed by atoms with Crippen LogP contribution in [0.25, 0.3) is 0 Å². The Balaban J connectivity index is 5.13. The molecule has 7 nitrogen and oxygen atoms in total. The molecule has 0 aromatic carbocycles. The van der Waals surface area contributed by atoms with E-state index in [2.05, 4.69) is 0 Å². The Morgan fingerprint density at radius 1 is 0.720 bits per heavy atom. The average Bonchev–Trinajstić information content (AvgIpc) is 2.41. The van der Waals surface area contributed by atoms with Crippen LogP contribution in [0.1, 0.15) is 26.7 Å². The van der Waals surface area contributed by atoms with Gasteiger partial charge in [-0.15, -0.1) is 0 Å². The summed E-state index contributed by atoms with van der Waals surface area (Å²) in [5.41, 5.74) is -2.83. The molecule has 0 saturated heterocycles. The van der Waals surface area contributed by atoms with Gasteiger partial charge in [0.1, 0.15) is 13.1 Å². The van der Waals surface area contributed by atoms with E-state index in [1.807, 2.05) is 42.3 Å². The summed E-state index contributed by atoms with van der Waals surface area (Å²) in [6, 6.07) is 0. The lowest BCUT2D eigenvalue weighted by Gasteiger charge is -2.40. The lowest BCUT2D eigenvalue weighted by molar-refractivity contribution is -0.878. The summed E-state index contributed by atoms with van der Waals surface area (Å²) in [6.45, 7) is 4.03. The molecule has 0 aromatic rings. The Bertz CT molecular complexity index is 358. The van der Waals surface area contributed by atoms with Gasteiger partial charge in [-0.05, 0) is 12.8 Å². The van der Waals surface area contributed by atoms with Crippen molar-refractivity contribution in [1.29, 1.82) is 0 Å². The van der Waals surface area contributed by atoms with Crippen molar-refractivity contribution in [3.63, 3.8) is 0 Å². The molecule has 4 unspecified atom stereocenters. The quantitative estimate of drug-likeness (QED) is 0.347. The molecule has 0 rings (SSSR count). The summed E-state index contributed by atoms with van der Waals surface area (Å²) >= 11 is 0. The molecule has 0 amide bonds. The van der Waals surface area contributed by atoms with Crippen LogP contribution in [0.5, 0.6) is 0 Å². The predicted molar refractivity (Wildman–Crippen MR) is 99.1 cm³/mol.